The lowest BCUT2D eigenvalue weighted by Crippen LogP contribution is -2.43. The lowest BCUT2D eigenvalue weighted by molar-refractivity contribution is -0.148. The predicted molar refractivity (Wildman–Crippen MR) is 103 cm³/mol. The van der Waals surface area contributed by atoms with E-state index in [1.807, 2.05) is 0 Å². The van der Waals surface area contributed by atoms with Gasteiger partial charge in [0, 0.05) is 12.0 Å². The molecule has 1 amide bonds. The molecule has 8 heteroatoms. The predicted octanol–water partition coefficient (Wildman–Crippen LogP) is 2.42. The largest absolute Gasteiger partial charge is 0.482 e. The van der Waals surface area contributed by atoms with Crippen LogP contribution in [0.4, 0.5) is 5.69 Å². The Hall–Kier alpha value is -2.90. The van der Waals surface area contributed by atoms with E-state index in [0.717, 1.165) is 25.7 Å². The number of esters is 2. The first-order valence-electron chi connectivity index (χ1n) is 9.93. The summed E-state index contributed by atoms with van der Waals surface area (Å²) >= 11 is 0. The Labute approximate surface area is 169 Å². The average Bonchev–Trinajstić information content (AvgIpc) is 3.21. The molecule has 1 aliphatic heterocycles. The van der Waals surface area contributed by atoms with Crippen molar-refractivity contribution in [1.29, 1.82) is 0 Å². The van der Waals surface area contributed by atoms with Crippen molar-refractivity contribution in [2.45, 2.75) is 51.6 Å². The van der Waals surface area contributed by atoms with Crippen molar-refractivity contribution in [2.24, 2.45) is 0 Å². The van der Waals surface area contributed by atoms with Gasteiger partial charge in [-0.25, -0.2) is 0 Å². The van der Waals surface area contributed by atoms with Crippen LogP contribution in [0.2, 0.25) is 0 Å². The SMILES string of the molecule is CCOC(=O)CCC(=O)c1ccc2c(c1)N(CC(=O)OC1CCCC1)C(=O)CO2. The van der Waals surface area contributed by atoms with Gasteiger partial charge in [-0.3, -0.25) is 24.1 Å². The van der Waals surface area contributed by atoms with Gasteiger partial charge < -0.3 is 14.2 Å². The van der Waals surface area contributed by atoms with Crippen LogP contribution in [0, 0.1) is 0 Å². The second kappa shape index (κ2) is 9.54. The van der Waals surface area contributed by atoms with Crippen LogP contribution in [0.15, 0.2) is 18.2 Å². The van der Waals surface area contributed by atoms with E-state index in [1.54, 1.807) is 19.1 Å². The lowest BCUT2D eigenvalue weighted by Gasteiger charge is -2.29. The molecule has 3 rings (SSSR count). The fourth-order valence-corrected chi connectivity index (χ4v) is 3.50. The molecule has 156 valence electrons. The van der Waals surface area contributed by atoms with E-state index >= 15 is 0 Å². The Morgan fingerprint density at radius 1 is 1.14 bits per heavy atom. The van der Waals surface area contributed by atoms with E-state index in [4.69, 9.17) is 14.2 Å². The number of anilines is 1. The zero-order valence-electron chi connectivity index (χ0n) is 16.5. The summed E-state index contributed by atoms with van der Waals surface area (Å²) in [5.74, 6) is -1.13. The molecule has 1 aliphatic carbocycles. The molecule has 0 atom stereocenters. The molecule has 1 aromatic rings. The molecule has 0 saturated heterocycles. The normalized spacial score (nSPS) is 16.2. The number of ketones is 1. The number of carbonyl (C=O) groups is 4. The van der Waals surface area contributed by atoms with Crippen LogP contribution in [0.25, 0.3) is 0 Å². The number of carbonyl (C=O) groups excluding carboxylic acids is 4. The van der Waals surface area contributed by atoms with Crippen molar-refractivity contribution in [2.75, 3.05) is 24.7 Å². The topological polar surface area (TPSA) is 99.2 Å². The van der Waals surface area contributed by atoms with Gasteiger partial charge in [0.15, 0.2) is 12.4 Å². The molecule has 0 bridgehead atoms. The van der Waals surface area contributed by atoms with Gasteiger partial charge in [0.25, 0.3) is 5.91 Å². The second-order valence-corrected chi connectivity index (χ2v) is 7.08. The summed E-state index contributed by atoms with van der Waals surface area (Å²) in [5.41, 5.74) is 0.687. The maximum atomic E-state index is 12.4. The zero-order chi connectivity index (χ0) is 20.8. The second-order valence-electron chi connectivity index (χ2n) is 7.08. The monoisotopic (exact) mass is 403 g/mol. The molecule has 0 spiro atoms. The summed E-state index contributed by atoms with van der Waals surface area (Å²) in [6.45, 7) is 1.55. The van der Waals surface area contributed by atoms with E-state index in [9.17, 15) is 19.2 Å². The summed E-state index contributed by atoms with van der Waals surface area (Å²) in [4.78, 5) is 49.8. The van der Waals surface area contributed by atoms with E-state index in [2.05, 4.69) is 0 Å². The lowest BCUT2D eigenvalue weighted by atomic mass is 10.0. The van der Waals surface area contributed by atoms with Crippen LogP contribution in [0.3, 0.4) is 0 Å². The van der Waals surface area contributed by atoms with Crippen LogP contribution >= 0.6 is 0 Å². The molecular weight excluding hydrogens is 378 g/mol. The number of Topliss-reactive ketones (excluding diaryl/α,β-unsaturated/α-hetero) is 1. The first-order chi connectivity index (χ1) is 14.0. The third-order valence-corrected chi connectivity index (χ3v) is 4.97. The molecule has 1 aromatic carbocycles. The van der Waals surface area contributed by atoms with Crippen LogP contribution < -0.4 is 9.64 Å². The third kappa shape index (κ3) is 5.34. The van der Waals surface area contributed by atoms with Crippen molar-refractivity contribution in [3.05, 3.63) is 23.8 Å². The highest BCUT2D eigenvalue weighted by atomic mass is 16.5. The third-order valence-electron chi connectivity index (χ3n) is 4.97. The minimum absolute atomic E-state index is 0.00382. The molecule has 2 aliphatic rings. The molecule has 0 radical (unpaired) electrons. The van der Waals surface area contributed by atoms with E-state index < -0.39 is 11.9 Å². The van der Waals surface area contributed by atoms with Gasteiger partial charge in [-0.2, -0.15) is 0 Å². The van der Waals surface area contributed by atoms with Crippen LogP contribution in [0.1, 0.15) is 55.8 Å². The maximum Gasteiger partial charge on any atom is 0.326 e. The minimum atomic E-state index is -0.475. The van der Waals surface area contributed by atoms with Gasteiger partial charge in [-0.1, -0.05) is 0 Å². The standard InChI is InChI=1S/C21H25NO7/c1-2-27-20(25)10-8-17(23)14-7-9-18-16(11-14)22(19(24)13-28-18)12-21(26)29-15-5-3-4-6-15/h7,9,11,15H,2-6,8,10,12-13H2,1H3. The number of fused-ring (bicyclic) bond motifs is 1. The van der Waals surface area contributed by atoms with Crippen LogP contribution in [0.5, 0.6) is 5.75 Å². The summed E-state index contributed by atoms with van der Waals surface area (Å²) in [6.07, 6.45) is 3.65. The van der Waals surface area contributed by atoms with Gasteiger partial charge in [0.1, 0.15) is 18.4 Å². The number of hydrogen-bond donors (Lipinski definition) is 0. The average molecular weight is 403 g/mol. The number of nitrogens with zero attached hydrogens (tertiary/aromatic N) is 1. The fraction of sp³-hybridized carbons (Fsp3) is 0.524. The Kier molecular flexibility index (Phi) is 6.85. The molecular formula is C21H25NO7. The van der Waals surface area contributed by atoms with Crippen molar-refractivity contribution in [1.82, 2.24) is 0 Å². The highest BCUT2D eigenvalue weighted by Gasteiger charge is 2.30. The number of hydrogen-bond acceptors (Lipinski definition) is 7. The van der Waals surface area contributed by atoms with Crippen LogP contribution in [-0.4, -0.2) is 49.5 Å². The van der Waals surface area contributed by atoms with E-state index in [1.165, 1.54) is 11.0 Å². The van der Waals surface area contributed by atoms with Crippen molar-refractivity contribution in [3.63, 3.8) is 0 Å². The van der Waals surface area contributed by atoms with Gasteiger partial charge in [0.05, 0.1) is 18.7 Å². The van der Waals surface area contributed by atoms with Crippen molar-refractivity contribution < 1.29 is 33.4 Å². The number of ether oxygens (including phenoxy) is 3. The molecule has 0 unspecified atom stereocenters. The molecule has 1 saturated carbocycles. The van der Waals surface area contributed by atoms with Gasteiger partial charge in [-0.15, -0.1) is 0 Å². The summed E-state index contributed by atoms with van der Waals surface area (Å²) in [6, 6.07) is 4.69. The van der Waals surface area contributed by atoms with E-state index in [-0.39, 0.29) is 50.4 Å². The van der Waals surface area contributed by atoms with Crippen molar-refractivity contribution in [3.8, 4) is 5.75 Å². The Bertz CT molecular complexity index is 798. The Morgan fingerprint density at radius 2 is 1.90 bits per heavy atom. The highest BCUT2D eigenvalue weighted by Crippen LogP contribution is 2.33. The molecule has 29 heavy (non-hydrogen) atoms. The van der Waals surface area contributed by atoms with Crippen molar-refractivity contribution >= 4 is 29.3 Å². The smallest absolute Gasteiger partial charge is 0.326 e. The molecule has 0 N–H and O–H groups in total. The quantitative estimate of drug-likeness (QED) is 0.485. The summed E-state index contributed by atoms with van der Waals surface area (Å²) in [5, 5.41) is 0. The highest BCUT2D eigenvalue weighted by molar-refractivity contribution is 6.04. The van der Waals surface area contributed by atoms with Gasteiger partial charge >= 0.3 is 11.9 Å². The molecule has 1 fully saturated rings. The van der Waals surface area contributed by atoms with Gasteiger partial charge in [0.2, 0.25) is 0 Å². The molecule has 1 heterocycles. The minimum Gasteiger partial charge on any atom is -0.482 e. The molecule has 0 aromatic heterocycles. The number of amides is 1. The first-order valence-corrected chi connectivity index (χ1v) is 9.93. The van der Waals surface area contributed by atoms with Gasteiger partial charge in [-0.05, 0) is 50.8 Å². The zero-order valence-corrected chi connectivity index (χ0v) is 16.5. The van der Waals surface area contributed by atoms with E-state index in [0.29, 0.717) is 17.0 Å². The summed E-state index contributed by atoms with van der Waals surface area (Å²) < 4.78 is 15.7. The molecule has 8 nitrogen and oxygen atoms in total. The first kappa shape index (κ1) is 20.8. The summed E-state index contributed by atoms with van der Waals surface area (Å²) in [7, 11) is 0. The number of rotatable bonds is 8. The number of benzene rings is 1. The maximum absolute atomic E-state index is 12.4. The Balaban J connectivity index is 1.70. The fourth-order valence-electron chi connectivity index (χ4n) is 3.50. The Morgan fingerprint density at radius 3 is 2.62 bits per heavy atom. The van der Waals surface area contributed by atoms with Crippen LogP contribution in [-0.2, 0) is 23.9 Å².